The number of hydrogen-bond donors (Lipinski definition) is 2. The van der Waals surface area contributed by atoms with Crippen LogP contribution >= 0.6 is 0 Å². The van der Waals surface area contributed by atoms with E-state index in [0.717, 1.165) is 24.2 Å². The van der Waals surface area contributed by atoms with Crippen LogP contribution in [0.1, 0.15) is 52.6 Å². The Morgan fingerprint density at radius 3 is 2.58 bits per heavy atom. The zero-order valence-electron chi connectivity index (χ0n) is 17.9. The van der Waals surface area contributed by atoms with Crippen LogP contribution in [0.4, 0.5) is 0 Å². The van der Waals surface area contributed by atoms with E-state index < -0.39 is 20.5 Å². The average molecular weight is 435 g/mol. The summed E-state index contributed by atoms with van der Waals surface area (Å²) in [6.45, 7) is 4.48. The van der Waals surface area contributed by atoms with Crippen LogP contribution in [0.2, 0.25) is 0 Å². The second-order valence-electron chi connectivity index (χ2n) is 8.42. The van der Waals surface area contributed by atoms with Gasteiger partial charge in [0.05, 0.1) is 28.6 Å². The summed E-state index contributed by atoms with van der Waals surface area (Å²) in [5.74, 6) is 0. The van der Waals surface area contributed by atoms with E-state index in [1.807, 2.05) is 24.3 Å². The van der Waals surface area contributed by atoms with Crippen LogP contribution in [-0.4, -0.2) is 30.7 Å². The first kappa shape index (κ1) is 21.3. The molecule has 2 N–H and O–H groups in total. The first-order valence-electron chi connectivity index (χ1n) is 10.3. The Hall–Kier alpha value is -2.95. The number of hydrogen-bond acceptors (Lipinski definition) is 5. The lowest BCUT2D eigenvalue weighted by Crippen LogP contribution is -2.51. The van der Waals surface area contributed by atoms with E-state index in [-0.39, 0.29) is 6.04 Å². The van der Waals surface area contributed by atoms with Gasteiger partial charge in [-0.1, -0.05) is 36.4 Å². The number of aromatic amines is 1. The fourth-order valence-electron chi connectivity index (χ4n) is 4.69. The lowest BCUT2D eigenvalue weighted by Gasteiger charge is -2.42. The lowest BCUT2D eigenvalue weighted by molar-refractivity contribution is 0.337. The summed E-state index contributed by atoms with van der Waals surface area (Å²) in [6, 6.07) is 16.0. The van der Waals surface area contributed by atoms with Crippen molar-refractivity contribution in [3.8, 4) is 6.07 Å². The highest BCUT2D eigenvalue weighted by Crippen LogP contribution is 2.42. The summed E-state index contributed by atoms with van der Waals surface area (Å²) in [5, 5.41) is 12.7. The van der Waals surface area contributed by atoms with Crippen molar-refractivity contribution < 1.29 is 8.42 Å². The minimum Gasteiger partial charge on any atom is -0.348 e. The fraction of sp³-hybridized carbons (Fsp3) is 0.333. The van der Waals surface area contributed by atoms with E-state index in [2.05, 4.69) is 40.4 Å². The topological polar surface area (TPSA) is 98.6 Å². The van der Waals surface area contributed by atoms with Crippen LogP contribution in [0, 0.1) is 11.3 Å². The molecule has 6 nitrogen and oxygen atoms in total. The molecule has 0 amide bonds. The Labute approximate surface area is 183 Å². The maximum atomic E-state index is 12.6. The van der Waals surface area contributed by atoms with Crippen molar-refractivity contribution >= 4 is 9.84 Å². The van der Waals surface area contributed by atoms with Crippen LogP contribution in [0.25, 0.3) is 0 Å². The minimum absolute atomic E-state index is 0.0256. The van der Waals surface area contributed by atoms with Gasteiger partial charge >= 0.3 is 0 Å². The molecule has 2 unspecified atom stereocenters. The third-order valence-electron chi connectivity index (χ3n) is 6.67. The molecular formula is C24H26N4O2S. The molecule has 7 heteroatoms. The van der Waals surface area contributed by atoms with E-state index in [4.69, 9.17) is 0 Å². The van der Waals surface area contributed by atoms with Gasteiger partial charge in [-0.25, -0.2) is 13.4 Å². The standard InChI is InChI=1S/C24H26N4O2S/c1-16(31(3,29)30)23-18(12-25)9-6-10-20(23)24(2,22-14-26-15-28-22)21-11-17-7-4-5-8-19(17)13-27-21/h4-10,14-16,21,27H,11,13H2,1-3H3,(H,26,28)/t16?,21?,24-/m0/s1. The van der Waals surface area contributed by atoms with Crippen LogP contribution < -0.4 is 5.32 Å². The SMILES string of the molecule is CC(c1c(C#N)cccc1[C@](C)(c1cnc[nH]1)C1Cc2ccccc2CN1)S(C)(=O)=O. The molecule has 0 spiro atoms. The Morgan fingerprint density at radius 2 is 1.94 bits per heavy atom. The molecule has 160 valence electrons. The van der Waals surface area contributed by atoms with Gasteiger partial charge in [0.2, 0.25) is 0 Å². The largest absolute Gasteiger partial charge is 0.348 e. The minimum atomic E-state index is -3.42. The molecule has 1 aliphatic heterocycles. The second-order valence-corrected chi connectivity index (χ2v) is 10.8. The molecule has 0 saturated heterocycles. The van der Waals surface area contributed by atoms with Gasteiger partial charge in [-0.15, -0.1) is 0 Å². The second kappa shape index (κ2) is 7.95. The van der Waals surface area contributed by atoms with Crippen LogP contribution in [0.15, 0.2) is 55.0 Å². The Bertz CT molecular complexity index is 1240. The summed E-state index contributed by atoms with van der Waals surface area (Å²) in [4.78, 5) is 7.51. The number of sulfone groups is 1. The van der Waals surface area contributed by atoms with E-state index >= 15 is 0 Å². The van der Waals surface area contributed by atoms with Crippen LogP contribution in [-0.2, 0) is 28.2 Å². The third kappa shape index (κ3) is 3.67. The molecule has 31 heavy (non-hydrogen) atoms. The van der Waals surface area contributed by atoms with E-state index in [0.29, 0.717) is 11.1 Å². The highest BCUT2D eigenvalue weighted by atomic mass is 32.2. The van der Waals surface area contributed by atoms with Gasteiger partial charge < -0.3 is 10.3 Å². The van der Waals surface area contributed by atoms with Gasteiger partial charge in [-0.05, 0) is 48.6 Å². The van der Waals surface area contributed by atoms with Crippen molar-refractivity contribution in [2.24, 2.45) is 0 Å². The van der Waals surface area contributed by atoms with Crippen LogP contribution in [0.5, 0.6) is 0 Å². The first-order valence-corrected chi connectivity index (χ1v) is 12.2. The smallest absolute Gasteiger partial charge is 0.154 e. The summed E-state index contributed by atoms with van der Waals surface area (Å²) >= 11 is 0. The van der Waals surface area contributed by atoms with Gasteiger partial charge in [0.1, 0.15) is 0 Å². The van der Waals surface area contributed by atoms with Gasteiger partial charge in [0.25, 0.3) is 0 Å². The van der Waals surface area contributed by atoms with Crippen molar-refractivity contribution in [3.63, 3.8) is 0 Å². The molecule has 0 radical (unpaired) electrons. The van der Waals surface area contributed by atoms with Gasteiger partial charge in [-0.3, -0.25) is 0 Å². The molecule has 0 fully saturated rings. The third-order valence-corrected chi connectivity index (χ3v) is 8.19. The van der Waals surface area contributed by atoms with E-state index in [9.17, 15) is 13.7 Å². The van der Waals surface area contributed by atoms with Crippen molar-refractivity contribution in [1.82, 2.24) is 15.3 Å². The molecule has 2 aromatic carbocycles. The molecule has 3 aromatic rings. The molecular weight excluding hydrogens is 408 g/mol. The number of aromatic nitrogens is 2. The number of nitrogens with one attached hydrogen (secondary N) is 2. The summed E-state index contributed by atoms with van der Waals surface area (Å²) < 4.78 is 25.1. The predicted octanol–water partition coefficient (Wildman–Crippen LogP) is 3.41. The van der Waals surface area contributed by atoms with Crippen molar-refractivity contribution in [2.45, 2.75) is 43.5 Å². The monoisotopic (exact) mass is 434 g/mol. The van der Waals surface area contributed by atoms with E-state index in [1.165, 1.54) is 17.4 Å². The zero-order chi connectivity index (χ0) is 22.2. The van der Waals surface area contributed by atoms with Gasteiger partial charge in [0.15, 0.2) is 9.84 Å². The van der Waals surface area contributed by atoms with Gasteiger partial charge in [0, 0.05) is 30.7 Å². The molecule has 0 bridgehead atoms. The summed E-state index contributed by atoms with van der Waals surface area (Å²) in [7, 11) is -3.42. The average Bonchev–Trinajstić information content (AvgIpc) is 3.32. The molecule has 2 heterocycles. The lowest BCUT2D eigenvalue weighted by atomic mass is 9.68. The normalized spacial score (nSPS) is 19.1. The number of benzene rings is 2. The van der Waals surface area contributed by atoms with Crippen molar-refractivity contribution in [2.75, 3.05) is 6.26 Å². The first-order chi connectivity index (χ1) is 14.8. The number of imidazole rings is 1. The Kier molecular flexibility index (Phi) is 5.46. The fourth-order valence-corrected chi connectivity index (χ4v) is 5.37. The Balaban J connectivity index is 1.95. The van der Waals surface area contributed by atoms with E-state index in [1.54, 1.807) is 25.5 Å². The highest BCUT2D eigenvalue weighted by Gasteiger charge is 2.43. The number of H-pyrrole nitrogens is 1. The maximum Gasteiger partial charge on any atom is 0.154 e. The maximum absolute atomic E-state index is 12.6. The van der Waals surface area contributed by atoms with Crippen molar-refractivity contribution in [1.29, 1.82) is 5.26 Å². The number of nitrogens with zero attached hydrogens (tertiary/aromatic N) is 2. The zero-order valence-corrected chi connectivity index (χ0v) is 18.7. The predicted molar refractivity (Wildman–Crippen MR) is 120 cm³/mol. The molecule has 4 rings (SSSR count). The highest BCUT2D eigenvalue weighted by molar-refractivity contribution is 7.90. The van der Waals surface area contributed by atoms with Crippen LogP contribution in [0.3, 0.4) is 0 Å². The molecule has 0 saturated carbocycles. The number of nitriles is 1. The molecule has 3 atom stereocenters. The van der Waals surface area contributed by atoms with Crippen molar-refractivity contribution in [3.05, 3.63) is 88.5 Å². The van der Waals surface area contributed by atoms with Gasteiger partial charge in [-0.2, -0.15) is 5.26 Å². The Morgan fingerprint density at radius 1 is 1.19 bits per heavy atom. The number of fused-ring (bicyclic) bond motifs is 1. The summed E-state index contributed by atoms with van der Waals surface area (Å²) in [6.07, 6.45) is 5.42. The number of rotatable bonds is 5. The quantitative estimate of drug-likeness (QED) is 0.641. The summed E-state index contributed by atoms with van der Waals surface area (Å²) in [5.41, 5.74) is 4.55. The molecule has 0 aliphatic carbocycles. The molecule has 1 aliphatic rings. The molecule has 1 aromatic heterocycles.